The Labute approximate surface area is 199 Å². The molecule has 2 heterocycles. The summed E-state index contributed by atoms with van der Waals surface area (Å²) in [6, 6.07) is 9.10. The number of rotatable bonds is 3. The predicted octanol–water partition coefficient (Wildman–Crippen LogP) is 4.36. The molecular weight excluding hydrogens is 459 g/mol. The summed E-state index contributed by atoms with van der Waals surface area (Å²) in [6.07, 6.45) is 2.84. The van der Waals surface area contributed by atoms with Crippen molar-refractivity contribution >= 4 is 34.2 Å². The van der Waals surface area contributed by atoms with Crippen LogP contribution in [0.4, 0.5) is 14.9 Å². The zero-order valence-corrected chi connectivity index (χ0v) is 19.3. The molecule has 34 heavy (non-hydrogen) atoms. The van der Waals surface area contributed by atoms with Crippen LogP contribution in [0.15, 0.2) is 47.4 Å². The SMILES string of the molecule is CC1CC(NC(=O)Nc2cc(Cl)c(-c3cccc4c3cnn4C)cc2F)Cc2cc(=O)[nH]nc21. The minimum Gasteiger partial charge on any atom is -0.335 e. The lowest BCUT2D eigenvalue weighted by atomic mass is 9.85. The Bertz CT molecular complexity index is 1480. The van der Waals surface area contributed by atoms with Crippen molar-refractivity contribution in [2.24, 2.45) is 7.05 Å². The summed E-state index contributed by atoms with van der Waals surface area (Å²) < 4.78 is 16.7. The van der Waals surface area contributed by atoms with Crippen LogP contribution in [0.25, 0.3) is 22.0 Å². The molecule has 0 saturated carbocycles. The lowest BCUT2D eigenvalue weighted by Crippen LogP contribution is -2.42. The maximum absolute atomic E-state index is 15.0. The Morgan fingerprint density at radius 3 is 2.91 bits per heavy atom. The summed E-state index contributed by atoms with van der Waals surface area (Å²) >= 11 is 6.50. The van der Waals surface area contributed by atoms with Gasteiger partial charge in [0.05, 0.1) is 28.1 Å². The molecule has 0 bridgehead atoms. The first-order valence-corrected chi connectivity index (χ1v) is 11.2. The van der Waals surface area contributed by atoms with Crippen LogP contribution in [0.5, 0.6) is 0 Å². The normalized spacial score (nSPS) is 17.4. The number of nitrogens with one attached hydrogen (secondary N) is 3. The smallest absolute Gasteiger partial charge is 0.319 e. The molecule has 2 amide bonds. The molecular formula is C24H22ClFN6O2. The molecule has 0 fully saturated rings. The second kappa shape index (κ2) is 8.57. The Morgan fingerprint density at radius 1 is 1.26 bits per heavy atom. The molecule has 1 aliphatic rings. The van der Waals surface area contributed by atoms with Gasteiger partial charge < -0.3 is 10.6 Å². The van der Waals surface area contributed by atoms with Crippen molar-refractivity contribution in [3.63, 3.8) is 0 Å². The molecule has 2 aromatic carbocycles. The van der Waals surface area contributed by atoms with Gasteiger partial charge in [-0.15, -0.1) is 0 Å². The van der Waals surface area contributed by atoms with Crippen molar-refractivity contribution in [2.75, 3.05) is 5.32 Å². The van der Waals surface area contributed by atoms with Gasteiger partial charge in [0.25, 0.3) is 5.56 Å². The van der Waals surface area contributed by atoms with Gasteiger partial charge in [0.2, 0.25) is 0 Å². The minimum atomic E-state index is -0.603. The van der Waals surface area contributed by atoms with E-state index in [4.69, 9.17) is 11.6 Å². The van der Waals surface area contributed by atoms with E-state index in [1.807, 2.05) is 32.2 Å². The molecule has 2 unspecified atom stereocenters. The number of anilines is 1. The van der Waals surface area contributed by atoms with Gasteiger partial charge in [0.1, 0.15) is 5.82 Å². The fourth-order valence-electron chi connectivity index (χ4n) is 4.64. The number of aryl methyl sites for hydroxylation is 1. The molecule has 8 nitrogen and oxygen atoms in total. The number of hydrogen-bond acceptors (Lipinski definition) is 4. The van der Waals surface area contributed by atoms with E-state index >= 15 is 0 Å². The van der Waals surface area contributed by atoms with Gasteiger partial charge in [-0.1, -0.05) is 30.7 Å². The highest BCUT2D eigenvalue weighted by molar-refractivity contribution is 6.34. The second-order valence-corrected chi connectivity index (χ2v) is 9.00. The van der Waals surface area contributed by atoms with Gasteiger partial charge in [-0.25, -0.2) is 14.3 Å². The second-order valence-electron chi connectivity index (χ2n) is 8.60. The van der Waals surface area contributed by atoms with Crippen molar-refractivity contribution in [1.82, 2.24) is 25.3 Å². The first kappa shape index (κ1) is 22.1. The number of nitrogens with zero attached hydrogens (tertiary/aromatic N) is 3. The standard InChI is InChI=1S/C24H22ClFN6O2/c1-12-6-14(7-13-8-22(33)30-31-23(12)13)28-24(34)29-20-10-18(25)16(9-19(20)26)15-4-3-5-21-17(15)11-27-32(21)2/h3-5,8-12,14H,6-7H2,1-2H3,(H,30,33)(H2,28,29,34). The van der Waals surface area contributed by atoms with Crippen LogP contribution in [-0.4, -0.2) is 32.1 Å². The lowest BCUT2D eigenvalue weighted by molar-refractivity contribution is 0.246. The summed E-state index contributed by atoms with van der Waals surface area (Å²) in [6.45, 7) is 1.98. The third-order valence-electron chi connectivity index (χ3n) is 6.21. The minimum absolute atomic E-state index is 0.0213. The number of carbonyl (C=O) groups excluding carboxylic acids is 1. The number of benzene rings is 2. The Kier molecular flexibility index (Phi) is 5.57. The van der Waals surface area contributed by atoms with E-state index in [1.54, 1.807) is 10.9 Å². The maximum atomic E-state index is 15.0. The van der Waals surface area contributed by atoms with Gasteiger partial charge in [-0.3, -0.25) is 9.48 Å². The summed E-state index contributed by atoms with van der Waals surface area (Å²) in [7, 11) is 1.83. The zero-order valence-electron chi connectivity index (χ0n) is 18.5. The maximum Gasteiger partial charge on any atom is 0.319 e. The highest BCUT2D eigenvalue weighted by Gasteiger charge is 2.27. The number of urea groups is 1. The average Bonchev–Trinajstić information content (AvgIpc) is 3.17. The Hall–Kier alpha value is -3.72. The number of carbonyl (C=O) groups is 1. The van der Waals surface area contributed by atoms with Gasteiger partial charge in [-0.05, 0) is 42.2 Å². The zero-order chi connectivity index (χ0) is 24.0. The highest BCUT2D eigenvalue weighted by atomic mass is 35.5. The third-order valence-corrected chi connectivity index (χ3v) is 6.53. The molecule has 2 atom stereocenters. The molecule has 4 aromatic rings. The summed E-state index contributed by atoms with van der Waals surface area (Å²) in [5.41, 5.74) is 3.49. The number of aromatic nitrogens is 4. The summed E-state index contributed by atoms with van der Waals surface area (Å²) in [4.78, 5) is 24.3. The molecule has 1 aliphatic carbocycles. The molecule has 0 aliphatic heterocycles. The summed E-state index contributed by atoms with van der Waals surface area (Å²) in [5, 5.41) is 17.4. The molecule has 10 heteroatoms. The molecule has 174 valence electrons. The van der Waals surface area contributed by atoms with Crippen LogP contribution in [-0.2, 0) is 13.5 Å². The molecule has 2 aromatic heterocycles. The van der Waals surface area contributed by atoms with E-state index < -0.39 is 11.8 Å². The average molecular weight is 481 g/mol. The monoisotopic (exact) mass is 480 g/mol. The van der Waals surface area contributed by atoms with Crippen LogP contribution >= 0.6 is 11.6 Å². The molecule has 3 N–H and O–H groups in total. The van der Waals surface area contributed by atoms with E-state index in [9.17, 15) is 14.0 Å². The van der Waals surface area contributed by atoms with Crippen molar-refractivity contribution in [2.45, 2.75) is 31.7 Å². The van der Waals surface area contributed by atoms with E-state index in [2.05, 4.69) is 25.9 Å². The lowest BCUT2D eigenvalue weighted by Gasteiger charge is -2.28. The predicted molar refractivity (Wildman–Crippen MR) is 129 cm³/mol. The molecule has 5 rings (SSSR count). The van der Waals surface area contributed by atoms with Crippen molar-refractivity contribution < 1.29 is 9.18 Å². The first-order valence-electron chi connectivity index (χ1n) is 10.9. The van der Waals surface area contributed by atoms with Crippen LogP contribution < -0.4 is 16.2 Å². The Balaban J connectivity index is 1.35. The van der Waals surface area contributed by atoms with Gasteiger partial charge in [0, 0.05) is 36.0 Å². The number of aromatic amines is 1. The molecule has 0 spiro atoms. The quantitative estimate of drug-likeness (QED) is 0.405. The number of amides is 2. The third kappa shape index (κ3) is 4.03. The van der Waals surface area contributed by atoms with Crippen molar-refractivity contribution in [3.8, 4) is 11.1 Å². The Morgan fingerprint density at radius 2 is 2.09 bits per heavy atom. The fourth-order valence-corrected chi connectivity index (χ4v) is 4.91. The van der Waals surface area contributed by atoms with E-state index in [0.717, 1.165) is 27.7 Å². The van der Waals surface area contributed by atoms with Gasteiger partial charge >= 0.3 is 6.03 Å². The molecule has 0 radical (unpaired) electrons. The van der Waals surface area contributed by atoms with E-state index in [1.165, 1.54) is 18.2 Å². The van der Waals surface area contributed by atoms with Crippen LogP contribution in [0.2, 0.25) is 5.02 Å². The molecule has 0 saturated heterocycles. The van der Waals surface area contributed by atoms with Crippen LogP contribution in [0.1, 0.15) is 30.5 Å². The van der Waals surface area contributed by atoms with Crippen molar-refractivity contribution in [1.29, 1.82) is 0 Å². The van der Waals surface area contributed by atoms with Crippen LogP contribution in [0.3, 0.4) is 0 Å². The van der Waals surface area contributed by atoms with Gasteiger partial charge in [-0.2, -0.15) is 10.2 Å². The van der Waals surface area contributed by atoms with Crippen molar-refractivity contribution in [3.05, 3.63) is 75.0 Å². The number of fused-ring (bicyclic) bond motifs is 2. The number of hydrogen-bond donors (Lipinski definition) is 3. The number of H-pyrrole nitrogens is 1. The topological polar surface area (TPSA) is 105 Å². The number of halogens is 2. The largest absolute Gasteiger partial charge is 0.335 e. The highest BCUT2D eigenvalue weighted by Crippen LogP contribution is 2.36. The van der Waals surface area contributed by atoms with Crippen LogP contribution in [0, 0.1) is 5.82 Å². The van der Waals surface area contributed by atoms with Gasteiger partial charge in [0.15, 0.2) is 0 Å². The van der Waals surface area contributed by atoms with E-state index in [-0.39, 0.29) is 23.2 Å². The van der Waals surface area contributed by atoms with E-state index in [0.29, 0.717) is 23.4 Å². The fraction of sp³-hybridized carbons (Fsp3) is 0.250. The summed E-state index contributed by atoms with van der Waals surface area (Å²) in [5.74, 6) is -0.542. The first-order chi connectivity index (χ1) is 16.3.